The van der Waals surface area contributed by atoms with Crippen LogP contribution in [0.3, 0.4) is 0 Å². The number of nitrogens with zero attached hydrogens (tertiary/aromatic N) is 1. The highest BCUT2D eigenvalue weighted by Crippen LogP contribution is 2.31. The Balaban J connectivity index is 3.02. The number of rotatable bonds is 5. The molecular weight excluding hydrogens is 305 g/mol. The molecule has 9 heteroatoms. The fourth-order valence-electron chi connectivity index (χ4n) is 1.53. The molecule has 1 amide bonds. The first-order valence-corrected chi connectivity index (χ1v) is 6.18. The maximum absolute atomic E-state index is 12.6. The number of carbonyl (C=O) groups excluding carboxylic acids is 3. The average molecular weight is 318 g/mol. The first kappa shape index (κ1) is 17.6. The molecule has 0 aromatic carbocycles. The third kappa shape index (κ3) is 4.83. The fraction of sp³-hybridized carbons (Fsp3) is 0.385. The summed E-state index contributed by atoms with van der Waals surface area (Å²) < 4.78 is 42.5. The van der Waals surface area contributed by atoms with Crippen LogP contribution >= 0.6 is 0 Å². The van der Waals surface area contributed by atoms with Crippen LogP contribution in [0.4, 0.5) is 18.9 Å². The second-order valence-corrected chi connectivity index (χ2v) is 4.20. The van der Waals surface area contributed by atoms with Gasteiger partial charge >= 0.3 is 12.1 Å². The van der Waals surface area contributed by atoms with E-state index in [4.69, 9.17) is 0 Å². The molecule has 0 fully saturated rings. The van der Waals surface area contributed by atoms with Gasteiger partial charge in [0.2, 0.25) is 5.91 Å². The lowest BCUT2D eigenvalue weighted by Gasteiger charge is -2.12. The van der Waals surface area contributed by atoms with Gasteiger partial charge in [-0.15, -0.1) is 0 Å². The smallest absolute Gasteiger partial charge is 0.417 e. The summed E-state index contributed by atoms with van der Waals surface area (Å²) in [6.07, 6.45) is -4.86. The molecule has 1 heterocycles. The summed E-state index contributed by atoms with van der Waals surface area (Å²) in [6.45, 7) is 2.70. The molecule has 0 saturated heterocycles. The monoisotopic (exact) mass is 318 g/mol. The van der Waals surface area contributed by atoms with Crippen molar-refractivity contribution in [3.05, 3.63) is 23.5 Å². The number of alkyl halides is 3. The second-order valence-electron chi connectivity index (χ2n) is 4.20. The normalized spacial score (nSPS) is 11.0. The third-order valence-electron chi connectivity index (χ3n) is 2.43. The van der Waals surface area contributed by atoms with Gasteiger partial charge in [-0.05, 0) is 13.0 Å². The van der Waals surface area contributed by atoms with Crippen molar-refractivity contribution in [3.8, 4) is 0 Å². The highest BCUT2D eigenvalue weighted by molar-refractivity contribution is 6.06. The Hall–Kier alpha value is -2.45. The molecule has 0 bridgehead atoms. The second kappa shape index (κ2) is 7.01. The van der Waals surface area contributed by atoms with Crippen LogP contribution in [0.2, 0.25) is 0 Å². The summed E-state index contributed by atoms with van der Waals surface area (Å²) in [5.41, 5.74) is -1.86. The number of pyridine rings is 1. The summed E-state index contributed by atoms with van der Waals surface area (Å²) in [5.74, 6) is -2.36. The Morgan fingerprint density at radius 1 is 1.32 bits per heavy atom. The average Bonchev–Trinajstić information content (AvgIpc) is 2.37. The zero-order valence-corrected chi connectivity index (χ0v) is 11.8. The first-order valence-electron chi connectivity index (χ1n) is 6.18. The van der Waals surface area contributed by atoms with Gasteiger partial charge in [0.15, 0.2) is 5.78 Å². The van der Waals surface area contributed by atoms with Crippen LogP contribution in [0.1, 0.15) is 36.3 Å². The Morgan fingerprint density at radius 3 is 2.45 bits per heavy atom. The number of anilines is 1. The van der Waals surface area contributed by atoms with Gasteiger partial charge in [0.05, 0.1) is 17.9 Å². The van der Waals surface area contributed by atoms with Crippen molar-refractivity contribution in [1.29, 1.82) is 0 Å². The number of ketones is 1. The van der Waals surface area contributed by atoms with Gasteiger partial charge in [-0.3, -0.25) is 19.4 Å². The van der Waals surface area contributed by atoms with E-state index in [1.807, 2.05) is 0 Å². The Bertz CT molecular complexity index is 599. The number of nitrogens with one attached hydrogen (secondary N) is 1. The van der Waals surface area contributed by atoms with Crippen LogP contribution in [-0.4, -0.2) is 29.3 Å². The van der Waals surface area contributed by atoms with Gasteiger partial charge in [0.25, 0.3) is 0 Å². The highest BCUT2D eigenvalue weighted by atomic mass is 19.4. The van der Waals surface area contributed by atoms with Crippen molar-refractivity contribution in [1.82, 2.24) is 4.98 Å². The van der Waals surface area contributed by atoms with Gasteiger partial charge in [0, 0.05) is 13.1 Å². The quantitative estimate of drug-likeness (QED) is 0.511. The number of hydrogen-bond acceptors (Lipinski definition) is 5. The van der Waals surface area contributed by atoms with E-state index in [1.165, 1.54) is 0 Å². The highest BCUT2D eigenvalue weighted by Gasteiger charge is 2.32. The van der Waals surface area contributed by atoms with Crippen molar-refractivity contribution in [3.63, 3.8) is 0 Å². The molecule has 120 valence electrons. The molecule has 0 aliphatic heterocycles. The molecule has 22 heavy (non-hydrogen) atoms. The minimum absolute atomic E-state index is 0.0654. The minimum Gasteiger partial charge on any atom is -0.466 e. The van der Waals surface area contributed by atoms with Crippen LogP contribution in [0.5, 0.6) is 0 Å². The van der Waals surface area contributed by atoms with Crippen molar-refractivity contribution in [2.45, 2.75) is 26.4 Å². The number of Topliss-reactive ketones (excluding diaryl/α,β-unsaturated/α-hetero) is 1. The molecule has 0 saturated carbocycles. The van der Waals surface area contributed by atoms with Gasteiger partial charge < -0.3 is 10.1 Å². The van der Waals surface area contributed by atoms with E-state index < -0.39 is 41.5 Å². The number of esters is 1. The molecule has 6 nitrogen and oxygen atoms in total. The zero-order valence-electron chi connectivity index (χ0n) is 11.8. The number of ether oxygens (including phenoxy) is 1. The summed E-state index contributed by atoms with van der Waals surface area (Å²) in [6, 6.07) is 0.590. The molecular formula is C13H13F3N2O4. The summed E-state index contributed by atoms with van der Waals surface area (Å²) >= 11 is 0. The molecule has 0 radical (unpaired) electrons. The van der Waals surface area contributed by atoms with Gasteiger partial charge in [-0.2, -0.15) is 13.2 Å². The number of halogens is 3. The van der Waals surface area contributed by atoms with Crippen molar-refractivity contribution >= 4 is 23.3 Å². The maximum atomic E-state index is 12.6. The van der Waals surface area contributed by atoms with Crippen LogP contribution in [-0.2, 0) is 20.5 Å². The van der Waals surface area contributed by atoms with E-state index in [2.05, 4.69) is 15.0 Å². The van der Waals surface area contributed by atoms with Gasteiger partial charge in [-0.1, -0.05) is 0 Å². The molecule has 1 N–H and O–H groups in total. The van der Waals surface area contributed by atoms with Crippen LogP contribution in [0.15, 0.2) is 12.3 Å². The number of carbonyl (C=O) groups is 3. The largest absolute Gasteiger partial charge is 0.466 e. The molecule has 0 aliphatic carbocycles. The molecule has 0 atom stereocenters. The molecule has 0 unspecified atom stereocenters. The molecule has 0 aliphatic rings. The Kier molecular flexibility index (Phi) is 5.61. The standard InChI is InChI=1S/C13H13F3N2O4/c1-3-22-11(21)5-10(20)18-9-4-8(13(14,15)16)6-17-12(9)7(2)19/h4,6H,3,5H2,1-2H3,(H,18,20). The summed E-state index contributed by atoms with van der Waals surface area (Å²) in [4.78, 5) is 37.5. The Labute approximate surface area is 123 Å². The number of amides is 1. The lowest BCUT2D eigenvalue weighted by Crippen LogP contribution is -2.20. The third-order valence-corrected chi connectivity index (χ3v) is 2.43. The molecule has 0 spiro atoms. The SMILES string of the molecule is CCOC(=O)CC(=O)Nc1cc(C(F)(F)F)cnc1C(C)=O. The van der Waals surface area contributed by atoms with Crippen molar-refractivity contribution in [2.75, 3.05) is 11.9 Å². The number of hydrogen-bond donors (Lipinski definition) is 1. The maximum Gasteiger partial charge on any atom is 0.417 e. The summed E-state index contributed by atoms with van der Waals surface area (Å²) in [5, 5.41) is 2.07. The molecule has 1 rings (SSSR count). The number of aromatic nitrogens is 1. The van der Waals surface area contributed by atoms with E-state index in [0.29, 0.717) is 12.3 Å². The predicted octanol–water partition coefficient (Wildman–Crippen LogP) is 2.19. The fourth-order valence-corrected chi connectivity index (χ4v) is 1.53. The minimum atomic E-state index is -4.68. The van der Waals surface area contributed by atoms with Gasteiger partial charge in [-0.25, -0.2) is 0 Å². The van der Waals surface area contributed by atoms with Crippen molar-refractivity contribution < 1.29 is 32.3 Å². The van der Waals surface area contributed by atoms with Crippen molar-refractivity contribution in [2.24, 2.45) is 0 Å². The summed E-state index contributed by atoms with van der Waals surface area (Å²) in [7, 11) is 0. The lowest BCUT2D eigenvalue weighted by atomic mass is 10.1. The zero-order chi connectivity index (χ0) is 16.9. The topological polar surface area (TPSA) is 85.4 Å². The Morgan fingerprint density at radius 2 is 1.95 bits per heavy atom. The van der Waals surface area contributed by atoms with Crippen LogP contribution in [0.25, 0.3) is 0 Å². The molecule has 1 aromatic heterocycles. The van der Waals surface area contributed by atoms with Gasteiger partial charge in [0.1, 0.15) is 12.1 Å². The van der Waals surface area contributed by atoms with E-state index >= 15 is 0 Å². The van der Waals surface area contributed by atoms with E-state index in [0.717, 1.165) is 6.92 Å². The van der Waals surface area contributed by atoms with E-state index in [-0.39, 0.29) is 12.3 Å². The predicted molar refractivity (Wildman–Crippen MR) is 69.1 cm³/mol. The first-order chi connectivity index (χ1) is 10.1. The van der Waals surface area contributed by atoms with Crippen LogP contribution < -0.4 is 5.32 Å². The lowest BCUT2D eigenvalue weighted by molar-refractivity contribution is -0.145. The van der Waals surface area contributed by atoms with E-state index in [1.54, 1.807) is 6.92 Å². The molecule has 1 aromatic rings. The van der Waals surface area contributed by atoms with E-state index in [9.17, 15) is 27.6 Å². The van der Waals surface area contributed by atoms with Crippen LogP contribution in [0, 0.1) is 0 Å².